The van der Waals surface area contributed by atoms with Gasteiger partial charge in [0.25, 0.3) is 5.91 Å². The molecule has 2 aromatic heterocycles. The number of hydrogen-bond acceptors (Lipinski definition) is 4. The summed E-state index contributed by atoms with van der Waals surface area (Å²) in [4.78, 5) is 19.3. The molecular weight excluding hydrogens is 464 g/mol. The lowest BCUT2D eigenvalue weighted by Crippen LogP contribution is -2.27. The molecule has 178 valence electrons. The third kappa shape index (κ3) is 5.56. The number of rotatable bonds is 8. The highest BCUT2D eigenvalue weighted by atomic mass is 32.2. The molecule has 5 nitrogen and oxygen atoms in total. The van der Waals surface area contributed by atoms with Crippen molar-refractivity contribution < 1.29 is 4.79 Å². The van der Waals surface area contributed by atoms with Gasteiger partial charge in [0, 0.05) is 27.9 Å². The Morgan fingerprint density at radius 1 is 0.972 bits per heavy atom. The first kappa shape index (κ1) is 23.6. The van der Waals surface area contributed by atoms with Crippen molar-refractivity contribution in [2.45, 2.75) is 22.6 Å². The molecule has 0 fully saturated rings. The smallest absolute Gasteiger partial charge is 0.252 e. The van der Waals surface area contributed by atoms with Crippen LogP contribution in [0.4, 0.5) is 0 Å². The molecule has 2 heterocycles. The normalized spacial score (nSPS) is 12.1. The van der Waals surface area contributed by atoms with E-state index in [4.69, 9.17) is 0 Å². The molecule has 1 amide bonds. The van der Waals surface area contributed by atoms with Crippen molar-refractivity contribution in [1.29, 1.82) is 0 Å². The number of nitrogens with one attached hydrogen (secondary N) is 2. The van der Waals surface area contributed by atoms with Crippen LogP contribution in [0.3, 0.4) is 0 Å². The Bertz CT molecular complexity index is 1500. The van der Waals surface area contributed by atoms with Crippen molar-refractivity contribution in [1.82, 2.24) is 20.5 Å². The molecule has 0 saturated heterocycles. The van der Waals surface area contributed by atoms with Crippen LogP contribution in [0.1, 0.15) is 40.2 Å². The summed E-state index contributed by atoms with van der Waals surface area (Å²) < 4.78 is 0. The van der Waals surface area contributed by atoms with Crippen molar-refractivity contribution in [3.63, 3.8) is 0 Å². The standard InChI is InChI=1S/C30H26N4OS/c1-21(22-9-3-2-4-10-22)20-32-30(35)26-12-5-6-13-29(26)36-24-15-16-25-27(33-34-28(25)19-24)17-14-23-11-7-8-18-31-23/h2-19,21H,20H2,1H3,(H,32,35)(H,33,34)/b17-14+/t21-/m1/s1. The first-order chi connectivity index (χ1) is 17.7. The number of pyridine rings is 1. The molecule has 0 saturated carbocycles. The van der Waals surface area contributed by atoms with Crippen molar-refractivity contribution >= 4 is 40.7 Å². The highest BCUT2D eigenvalue weighted by Crippen LogP contribution is 2.33. The Hall–Kier alpha value is -4.16. The Labute approximate surface area is 214 Å². The molecular formula is C30H26N4OS. The lowest BCUT2D eigenvalue weighted by Gasteiger charge is -2.14. The lowest BCUT2D eigenvalue weighted by molar-refractivity contribution is 0.0948. The fourth-order valence-electron chi connectivity index (χ4n) is 3.96. The van der Waals surface area contributed by atoms with Crippen molar-refractivity contribution in [2.75, 3.05) is 6.54 Å². The van der Waals surface area contributed by atoms with Gasteiger partial charge in [0.15, 0.2) is 0 Å². The van der Waals surface area contributed by atoms with Gasteiger partial charge in [-0.2, -0.15) is 5.10 Å². The zero-order valence-electron chi connectivity index (χ0n) is 19.9. The van der Waals surface area contributed by atoms with Gasteiger partial charge in [-0.1, -0.05) is 67.2 Å². The van der Waals surface area contributed by atoms with Crippen LogP contribution in [0.25, 0.3) is 23.1 Å². The summed E-state index contributed by atoms with van der Waals surface area (Å²) in [5.41, 5.74) is 4.57. The van der Waals surface area contributed by atoms with Gasteiger partial charge in [-0.05, 0) is 66.1 Å². The zero-order chi connectivity index (χ0) is 24.7. The summed E-state index contributed by atoms with van der Waals surface area (Å²) in [6, 6.07) is 29.9. The van der Waals surface area contributed by atoms with E-state index in [1.165, 1.54) is 5.56 Å². The first-order valence-corrected chi connectivity index (χ1v) is 12.7. The van der Waals surface area contributed by atoms with Gasteiger partial charge in [-0.15, -0.1) is 0 Å². The molecule has 6 heteroatoms. The minimum Gasteiger partial charge on any atom is -0.351 e. The third-order valence-corrected chi connectivity index (χ3v) is 7.03. The first-order valence-electron chi connectivity index (χ1n) is 11.8. The molecule has 0 aliphatic carbocycles. The van der Waals surface area contributed by atoms with Crippen LogP contribution in [-0.2, 0) is 0 Å². The number of hydrogen-bond donors (Lipinski definition) is 2. The summed E-state index contributed by atoms with van der Waals surface area (Å²) in [6.45, 7) is 2.70. The van der Waals surface area contributed by atoms with Gasteiger partial charge in [-0.3, -0.25) is 14.9 Å². The van der Waals surface area contributed by atoms with Crippen LogP contribution in [0.15, 0.2) is 107 Å². The van der Waals surface area contributed by atoms with E-state index in [2.05, 4.69) is 57.8 Å². The second kappa shape index (κ2) is 11.1. The van der Waals surface area contributed by atoms with E-state index in [0.717, 1.165) is 32.1 Å². The van der Waals surface area contributed by atoms with Gasteiger partial charge >= 0.3 is 0 Å². The number of benzene rings is 3. The molecule has 5 aromatic rings. The van der Waals surface area contributed by atoms with E-state index in [0.29, 0.717) is 12.1 Å². The maximum Gasteiger partial charge on any atom is 0.252 e. The van der Waals surface area contributed by atoms with Gasteiger partial charge in [0.2, 0.25) is 0 Å². The summed E-state index contributed by atoms with van der Waals surface area (Å²) in [7, 11) is 0. The number of carbonyl (C=O) groups is 1. The van der Waals surface area contributed by atoms with Crippen LogP contribution in [0.5, 0.6) is 0 Å². The number of amides is 1. The van der Waals surface area contributed by atoms with Crippen LogP contribution in [0, 0.1) is 0 Å². The number of H-pyrrole nitrogens is 1. The lowest BCUT2D eigenvalue weighted by atomic mass is 10.0. The highest BCUT2D eigenvalue weighted by Gasteiger charge is 2.14. The third-order valence-electron chi connectivity index (χ3n) is 5.96. The van der Waals surface area contributed by atoms with Gasteiger partial charge in [0.05, 0.1) is 22.5 Å². The fraction of sp³-hybridized carbons (Fsp3) is 0.100. The van der Waals surface area contributed by atoms with E-state index in [-0.39, 0.29) is 11.8 Å². The number of carbonyl (C=O) groups excluding carboxylic acids is 1. The maximum atomic E-state index is 13.0. The molecule has 0 aliphatic heterocycles. The molecule has 0 unspecified atom stereocenters. The van der Waals surface area contributed by atoms with Gasteiger partial charge in [-0.25, -0.2) is 0 Å². The molecule has 0 radical (unpaired) electrons. The summed E-state index contributed by atoms with van der Waals surface area (Å²) >= 11 is 1.57. The highest BCUT2D eigenvalue weighted by molar-refractivity contribution is 7.99. The summed E-state index contributed by atoms with van der Waals surface area (Å²) in [6.07, 6.45) is 5.68. The van der Waals surface area contributed by atoms with E-state index in [1.54, 1.807) is 18.0 Å². The Balaban J connectivity index is 1.29. The Morgan fingerprint density at radius 2 is 1.78 bits per heavy atom. The number of aromatic amines is 1. The van der Waals surface area contributed by atoms with Crippen LogP contribution < -0.4 is 5.32 Å². The quantitative estimate of drug-likeness (QED) is 0.251. The molecule has 5 rings (SSSR count). The molecule has 1 atom stereocenters. The maximum absolute atomic E-state index is 13.0. The minimum absolute atomic E-state index is 0.0644. The van der Waals surface area contributed by atoms with E-state index >= 15 is 0 Å². The largest absolute Gasteiger partial charge is 0.351 e. The number of aromatic nitrogens is 3. The molecule has 0 bridgehead atoms. The average Bonchev–Trinajstić information content (AvgIpc) is 3.34. The predicted octanol–water partition coefficient (Wildman–Crippen LogP) is 6.81. The summed E-state index contributed by atoms with van der Waals surface area (Å²) in [5.74, 6) is 0.170. The second-order valence-electron chi connectivity index (χ2n) is 8.52. The SMILES string of the molecule is C[C@H](CNC(=O)c1ccccc1Sc1ccc2c(/C=C/c3ccccn3)n[nH]c2c1)c1ccccc1. The van der Waals surface area contributed by atoms with Gasteiger partial charge in [0.1, 0.15) is 0 Å². The molecule has 0 spiro atoms. The van der Waals surface area contributed by atoms with Crippen LogP contribution in [0.2, 0.25) is 0 Å². The van der Waals surface area contributed by atoms with Crippen molar-refractivity contribution in [3.05, 3.63) is 120 Å². The van der Waals surface area contributed by atoms with Crippen LogP contribution >= 0.6 is 11.8 Å². The van der Waals surface area contributed by atoms with Crippen molar-refractivity contribution in [3.8, 4) is 0 Å². The molecule has 3 aromatic carbocycles. The van der Waals surface area contributed by atoms with E-state index in [1.807, 2.05) is 72.8 Å². The van der Waals surface area contributed by atoms with E-state index in [9.17, 15) is 4.79 Å². The monoisotopic (exact) mass is 490 g/mol. The molecule has 36 heavy (non-hydrogen) atoms. The zero-order valence-corrected chi connectivity index (χ0v) is 20.7. The average molecular weight is 491 g/mol. The molecule has 0 aliphatic rings. The van der Waals surface area contributed by atoms with Gasteiger partial charge < -0.3 is 5.32 Å². The van der Waals surface area contributed by atoms with E-state index < -0.39 is 0 Å². The topological polar surface area (TPSA) is 70.7 Å². The predicted molar refractivity (Wildman–Crippen MR) is 147 cm³/mol. The van der Waals surface area contributed by atoms with Crippen LogP contribution in [-0.4, -0.2) is 27.6 Å². The number of nitrogens with zero attached hydrogens (tertiary/aromatic N) is 2. The second-order valence-corrected chi connectivity index (χ2v) is 9.64. The Kier molecular flexibility index (Phi) is 7.24. The summed E-state index contributed by atoms with van der Waals surface area (Å²) in [5, 5.41) is 11.7. The molecule has 2 N–H and O–H groups in total. The Morgan fingerprint density at radius 3 is 2.61 bits per heavy atom. The van der Waals surface area contributed by atoms with Crippen molar-refractivity contribution in [2.24, 2.45) is 0 Å². The minimum atomic E-state index is -0.0644. The fourth-order valence-corrected chi connectivity index (χ4v) is 4.94. The number of fused-ring (bicyclic) bond motifs is 1.